The Hall–Kier alpha value is -2.00. The quantitative estimate of drug-likeness (QED) is 0.508. The van der Waals surface area contributed by atoms with Crippen molar-refractivity contribution in [1.82, 2.24) is 19.8 Å². The largest absolute Gasteiger partial charge is 0.348 e. The third kappa shape index (κ3) is 4.41. The van der Waals surface area contributed by atoms with Crippen LogP contribution in [0.4, 0.5) is 17.5 Å². The van der Waals surface area contributed by atoms with Crippen LogP contribution in [0, 0.1) is 17.0 Å². The van der Waals surface area contributed by atoms with Crippen LogP contribution >= 0.6 is 0 Å². The standard InChI is InChI=1S/C23H37N7O2/c1-18-21(30(31)32)22(28-14-10-26(11-15-28)19-6-2-3-7-19)25-23(24-18)29-16-12-27(13-17-29)20-8-4-5-9-20/h19-20H,2-17H2,1H3. The van der Waals surface area contributed by atoms with Gasteiger partial charge in [0.2, 0.25) is 11.8 Å². The van der Waals surface area contributed by atoms with E-state index >= 15 is 0 Å². The van der Waals surface area contributed by atoms with Crippen LogP contribution in [0.25, 0.3) is 0 Å². The van der Waals surface area contributed by atoms with Gasteiger partial charge in [-0.2, -0.15) is 4.98 Å². The molecular formula is C23H37N7O2. The third-order valence-corrected chi connectivity index (χ3v) is 8.10. The zero-order chi connectivity index (χ0) is 22.1. The molecule has 3 heterocycles. The van der Waals surface area contributed by atoms with Crippen molar-refractivity contribution >= 4 is 17.5 Å². The van der Waals surface area contributed by atoms with E-state index in [1.165, 1.54) is 51.4 Å². The lowest BCUT2D eigenvalue weighted by Crippen LogP contribution is -2.51. The van der Waals surface area contributed by atoms with E-state index in [4.69, 9.17) is 4.98 Å². The molecule has 2 saturated heterocycles. The van der Waals surface area contributed by atoms with Crippen molar-refractivity contribution in [2.75, 3.05) is 62.2 Å². The number of nitrogens with zero attached hydrogens (tertiary/aromatic N) is 7. The summed E-state index contributed by atoms with van der Waals surface area (Å²) in [6.45, 7) is 9.10. The minimum Gasteiger partial charge on any atom is -0.348 e. The lowest BCUT2D eigenvalue weighted by atomic mass is 10.1. The van der Waals surface area contributed by atoms with E-state index in [0.717, 1.165) is 58.4 Å². The predicted molar refractivity (Wildman–Crippen MR) is 126 cm³/mol. The molecular weight excluding hydrogens is 406 g/mol. The average molecular weight is 444 g/mol. The van der Waals surface area contributed by atoms with Crippen LogP contribution in [0.2, 0.25) is 0 Å². The Kier molecular flexibility index (Phi) is 6.46. The summed E-state index contributed by atoms with van der Waals surface area (Å²) in [5, 5.41) is 11.9. The number of rotatable bonds is 5. The van der Waals surface area contributed by atoms with Crippen molar-refractivity contribution in [3.05, 3.63) is 15.8 Å². The van der Waals surface area contributed by atoms with Crippen LogP contribution in [-0.2, 0) is 0 Å². The van der Waals surface area contributed by atoms with Crippen LogP contribution in [-0.4, -0.2) is 89.1 Å². The Morgan fingerprint density at radius 3 is 1.69 bits per heavy atom. The van der Waals surface area contributed by atoms with Gasteiger partial charge in [0.1, 0.15) is 5.69 Å². The van der Waals surface area contributed by atoms with Crippen molar-refractivity contribution in [3.8, 4) is 0 Å². The molecule has 4 aliphatic rings. The first-order valence-electron chi connectivity index (χ1n) is 12.6. The summed E-state index contributed by atoms with van der Waals surface area (Å²) in [6.07, 6.45) is 10.6. The Balaban J connectivity index is 1.30. The molecule has 9 heteroatoms. The van der Waals surface area contributed by atoms with Gasteiger partial charge in [-0.15, -0.1) is 0 Å². The van der Waals surface area contributed by atoms with E-state index in [1.807, 2.05) is 0 Å². The molecule has 9 nitrogen and oxygen atoms in total. The molecule has 0 bridgehead atoms. The van der Waals surface area contributed by atoms with E-state index in [9.17, 15) is 10.1 Å². The van der Waals surface area contributed by atoms with Gasteiger partial charge in [0.25, 0.3) is 0 Å². The molecule has 0 spiro atoms. The number of aryl methyl sites for hydroxylation is 1. The van der Waals surface area contributed by atoms with Crippen molar-refractivity contribution in [3.63, 3.8) is 0 Å². The molecule has 32 heavy (non-hydrogen) atoms. The van der Waals surface area contributed by atoms with E-state index in [-0.39, 0.29) is 10.6 Å². The Labute approximate surface area is 190 Å². The van der Waals surface area contributed by atoms with E-state index < -0.39 is 0 Å². The van der Waals surface area contributed by atoms with Gasteiger partial charge in [-0.3, -0.25) is 19.9 Å². The highest BCUT2D eigenvalue weighted by atomic mass is 16.6. The highest BCUT2D eigenvalue weighted by molar-refractivity contribution is 5.63. The van der Waals surface area contributed by atoms with Gasteiger partial charge >= 0.3 is 5.69 Å². The summed E-state index contributed by atoms with van der Waals surface area (Å²) in [7, 11) is 0. The van der Waals surface area contributed by atoms with Crippen LogP contribution in [0.5, 0.6) is 0 Å². The number of anilines is 2. The predicted octanol–water partition coefficient (Wildman–Crippen LogP) is 2.82. The maximum absolute atomic E-state index is 11.9. The maximum Gasteiger partial charge on any atom is 0.332 e. The monoisotopic (exact) mass is 443 g/mol. The summed E-state index contributed by atoms with van der Waals surface area (Å²) in [5.41, 5.74) is 0.555. The molecule has 1 aromatic rings. The van der Waals surface area contributed by atoms with E-state index in [0.29, 0.717) is 23.5 Å². The maximum atomic E-state index is 11.9. The average Bonchev–Trinajstić information content (AvgIpc) is 3.53. The molecule has 0 atom stereocenters. The summed E-state index contributed by atoms with van der Waals surface area (Å²) in [4.78, 5) is 30.5. The number of aromatic nitrogens is 2. The Morgan fingerprint density at radius 2 is 1.22 bits per heavy atom. The number of hydrogen-bond acceptors (Lipinski definition) is 8. The molecule has 5 rings (SSSR count). The molecule has 0 radical (unpaired) electrons. The first-order valence-corrected chi connectivity index (χ1v) is 12.6. The summed E-state index contributed by atoms with van der Waals surface area (Å²) in [6, 6.07) is 1.44. The molecule has 176 valence electrons. The SMILES string of the molecule is Cc1nc(N2CCN(C3CCCC3)CC2)nc(N2CCN(C3CCCC3)CC2)c1[N+](=O)[O-]. The molecule has 0 N–H and O–H groups in total. The van der Waals surface area contributed by atoms with Crippen LogP contribution in [0.15, 0.2) is 0 Å². The normalized spacial score (nSPS) is 24.5. The second-order valence-electron chi connectivity index (χ2n) is 9.96. The second kappa shape index (κ2) is 9.47. The van der Waals surface area contributed by atoms with Gasteiger partial charge in [-0.1, -0.05) is 25.7 Å². The molecule has 2 aliphatic carbocycles. The zero-order valence-corrected chi connectivity index (χ0v) is 19.4. The smallest absolute Gasteiger partial charge is 0.332 e. The van der Waals surface area contributed by atoms with Crippen molar-refractivity contribution < 1.29 is 4.92 Å². The van der Waals surface area contributed by atoms with Crippen LogP contribution in [0.1, 0.15) is 57.1 Å². The van der Waals surface area contributed by atoms with E-state index in [1.54, 1.807) is 6.92 Å². The van der Waals surface area contributed by atoms with Crippen LogP contribution in [0.3, 0.4) is 0 Å². The minimum absolute atomic E-state index is 0.0765. The first-order chi connectivity index (χ1) is 15.6. The van der Waals surface area contributed by atoms with Gasteiger partial charge in [0.15, 0.2) is 0 Å². The topological polar surface area (TPSA) is 81.9 Å². The molecule has 2 saturated carbocycles. The summed E-state index contributed by atoms with van der Waals surface area (Å²) >= 11 is 0. The van der Waals surface area contributed by atoms with Crippen molar-refractivity contribution in [2.45, 2.75) is 70.4 Å². The zero-order valence-electron chi connectivity index (χ0n) is 19.4. The molecule has 0 unspecified atom stereocenters. The lowest BCUT2D eigenvalue weighted by molar-refractivity contribution is -0.385. The summed E-state index contributed by atoms with van der Waals surface area (Å²) in [5.74, 6) is 1.18. The number of hydrogen-bond donors (Lipinski definition) is 0. The van der Waals surface area contributed by atoms with Gasteiger partial charge in [0, 0.05) is 64.4 Å². The third-order valence-electron chi connectivity index (χ3n) is 8.10. The molecule has 4 fully saturated rings. The van der Waals surface area contributed by atoms with Gasteiger partial charge in [-0.05, 0) is 32.6 Å². The number of nitro groups is 1. The lowest BCUT2D eigenvalue weighted by Gasteiger charge is -2.39. The molecule has 0 aromatic carbocycles. The number of piperazine rings is 2. The van der Waals surface area contributed by atoms with Crippen LogP contribution < -0.4 is 9.80 Å². The minimum atomic E-state index is -0.296. The highest BCUT2D eigenvalue weighted by Gasteiger charge is 2.33. The highest BCUT2D eigenvalue weighted by Crippen LogP contribution is 2.33. The summed E-state index contributed by atoms with van der Waals surface area (Å²) < 4.78 is 0. The van der Waals surface area contributed by atoms with Crippen molar-refractivity contribution in [2.24, 2.45) is 0 Å². The van der Waals surface area contributed by atoms with Gasteiger partial charge in [-0.25, -0.2) is 4.98 Å². The Bertz CT molecular complexity index is 807. The van der Waals surface area contributed by atoms with Crippen molar-refractivity contribution in [1.29, 1.82) is 0 Å². The van der Waals surface area contributed by atoms with Gasteiger partial charge in [0.05, 0.1) is 4.92 Å². The molecule has 2 aliphatic heterocycles. The fourth-order valence-corrected chi connectivity index (χ4v) is 6.24. The Morgan fingerprint density at radius 1 is 0.750 bits per heavy atom. The molecule has 1 aromatic heterocycles. The second-order valence-corrected chi connectivity index (χ2v) is 9.96. The fourth-order valence-electron chi connectivity index (χ4n) is 6.24. The fraction of sp³-hybridized carbons (Fsp3) is 0.826. The first kappa shape index (κ1) is 21.8. The van der Waals surface area contributed by atoms with Gasteiger partial charge < -0.3 is 9.80 Å². The molecule has 0 amide bonds. The van der Waals surface area contributed by atoms with E-state index in [2.05, 4.69) is 24.6 Å².